The van der Waals surface area contributed by atoms with Gasteiger partial charge in [-0.1, -0.05) is 42.3 Å². The number of anilines is 1. The molecule has 26 heavy (non-hydrogen) atoms. The standard InChI is InChI=1S/C18H19Cl2NO4S/c1-3-13-5-8-15(9-6-13)21(12-18(22)25-4-2)26(23,24)17-11-14(19)7-10-16(17)20/h5-11H,3-4,12H2,1-2H3. The second-order valence-electron chi connectivity index (χ2n) is 5.41. The summed E-state index contributed by atoms with van der Waals surface area (Å²) in [4.78, 5) is 11.8. The topological polar surface area (TPSA) is 63.7 Å². The molecule has 8 heteroatoms. The third-order valence-electron chi connectivity index (χ3n) is 3.67. The Balaban J connectivity index is 2.53. The van der Waals surface area contributed by atoms with Crippen molar-refractivity contribution in [1.82, 2.24) is 0 Å². The van der Waals surface area contributed by atoms with E-state index in [1.54, 1.807) is 19.1 Å². The maximum absolute atomic E-state index is 13.2. The number of benzene rings is 2. The lowest BCUT2D eigenvalue weighted by Gasteiger charge is -2.24. The van der Waals surface area contributed by atoms with Crippen molar-refractivity contribution in [1.29, 1.82) is 0 Å². The van der Waals surface area contributed by atoms with Crippen LogP contribution in [0.1, 0.15) is 19.4 Å². The van der Waals surface area contributed by atoms with Crippen molar-refractivity contribution in [2.45, 2.75) is 25.2 Å². The monoisotopic (exact) mass is 415 g/mol. The molecule has 0 saturated heterocycles. The molecule has 0 fully saturated rings. The normalized spacial score (nSPS) is 11.2. The van der Waals surface area contributed by atoms with E-state index in [0.717, 1.165) is 16.3 Å². The first-order valence-electron chi connectivity index (χ1n) is 8.02. The predicted octanol–water partition coefficient (Wildman–Crippen LogP) is 4.31. The molecule has 0 atom stereocenters. The van der Waals surface area contributed by atoms with Gasteiger partial charge in [-0.05, 0) is 49.2 Å². The Hall–Kier alpha value is -1.76. The number of ether oxygens (including phenoxy) is 1. The molecular formula is C18H19Cl2NO4S. The maximum Gasteiger partial charge on any atom is 0.326 e. The van der Waals surface area contributed by atoms with Gasteiger partial charge in [0.25, 0.3) is 10.0 Å². The lowest BCUT2D eigenvalue weighted by atomic mass is 10.1. The summed E-state index contributed by atoms with van der Waals surface area (Å²) in [5.41, 5.74) is 1.38. The molecule has 0 unspecified atom stereocenters. The zero-order valence-electron chi connectivity index (χ0n) is 14.4. The van der Waals surface area contributed by atoms with Crippen LogP contribution in [0.3, 0.4) is 0 Å². The Kier molecular flexibility index (Phi) is 6.92. The average molecular weight is 416 g/mol. The van der Waals surface area contributed by atoms with Crippen LogP contribution in [0.25, 0.3) is 0 Å². The van der Waals surface area contributed by atoms with Crippen LogP contribution in [0, 0.1) is 0 Å². The third-order valence-corrected chi connectivity index (χ3v) is 6.16. The summed E-state index contributed by atoms with van der Waals surface area (Å²) in [6, 6.07) is 11.1. The fourth-order valence-electron chi connectivity index (χ4n) is 2.33. The lowest BCUT2D eigenvalue weighted by molar-refractivity contribution is -0.141. The van der Waals surface area contributed by atoms with Gasteiger partial charge in [-0.2, -0.15) is 0 Å². The van der Waals surface area contributed by atoms with Crippen LogP contribution in [0.15, 0.2) is 47.4 Å². The molecule has 2 aromatic rings. The number of hydrogen-bond acceptors (Lipinski definition) is 4. The van der Waals surface area contributed by atoms with Crippen molar-refractivity contribution in [2.24, 2.45) is 0 Å². The van der Waals surface area contributed by atoms with Crippen molar-refractivity contribution in [2.75, 3.05) is 17.5 Å². The molecule has 0 heterocycles. The molecule has 5 nitrogen and oxygen atoms in total. The molecule has 0 aliphatic carbocycles. The Labute approximate surface area is 163 Å². The van der Waals surface area contributed by atoms with E-state index in [0.29, 0.717) is 5.69 Å². The minimum Gasteiger partial charge on any atom is -0.465 e. The van der Waals surface area contributed by atoms with Gasteiger partial charge in [0.15, 0.2) is 0 Å². The Morgan fingerprint density at radius 2 is 1.73 bits per heavy atom. The van der Waals surface area contributed by atoms with E-state index in [9.17, 15) is 13.2 Å². The summed E-state index contributed by atoms with van der Waals surface area (Å²) < 4.78 is 32.2. The van der Waals surface area contributed by atoms with Crippen LogP contribution < -0.4 is 4.31 Å². The molecule has 0 saturated carbocycles. The van der Waals surface area contributed by atoms with Gasteiger partial charge >= 0.3 is 5.97 Å². The van der Waals surface area contributed by atoms with Crippen molar-refractivity contribution >= 4 is 44.9 Å². The van der Waals surface area contributed by atoms with Crippen LogP contribution in [0.5, 0.6) is 0 Å². The van der Waals surface area contributed by atoms with Gasteiger partial charge in [0.2, 0.25) is 0 Å². The first-order chi connectivity index (χ1) is 12.3. The van der Waals surface area contributed by atoms with Crippen LogP contribution in [-0.2, 0) is 26.0 Å². The third kappa shape index (κ3) is 4.69. The molecule has 2 rings (SSSR count). The number of sulfonamides is 1. The number of hydrogen-bond donors (Lipinski definition) is 0. The van der Waals surface area contributed by atoms with Gasteiger partial charge in [-0.25, -0.2) is 8.42 Å². The number of esters is 1. The minimum atomic E-state index is -4.12. The number of aryl methyl sites for hydroxylation is 1. The second-order valence-corrected chi connectivity index (χ2v) is 8.09. The van der Waals surface area contributed by atoms with Crippen molar-refractivity contribution in [3.63, 3.8) is 0 Å². The molecule has 0 radical (unpaired) electrons. The van der Waals surface area contributed by atoms with Crippen LogP contribution in [0.4, 0.5) is 5.69 Å². The second kappa shape index (κ2) is 8.75. The summed E-state index contributed by atoms with van der Waals surface area (Å²) in [7, 11) is -4.12. The Morgan fingerprint density at radius 1 is 1.08 bits per heavy atom. The quantitative estimate of drug-likeness (QED) is 0.631. The van der Waals surface area contributed by atoms with E-state index in [4.69, 9.17) is 27.9 Å². The summed E-state index contributed by atoms with van der Waals surface area (Å²) >= 11 is 12.0. The lowest BCUT2D eigenvalue weighted by Crippen LogP contribution is -2.36. The average Bonchev–Trinajstić information content (AvgIpc) is 2.62. The smallest absolute Gasteiger partial charge is 0.326 e. The molecule has 0 aliphatic rings. The summed E-state index contributed by atoms with van der Waals surface area (Å²) in [5, 5.41) is 0.249. The van der Waals surface area contributed by atoms with Gasteiger partial charge in [-0.15, -0.1) is 0 Å². The highest BCUT2D eigenvalue weighted by Gasteiger charge is 2.29. The highest BCUT2D eigenvalue weighted by Crippen LogP contribution is 2.30. The first-order valence-corrected chi connectivity index (χ1v) is 10.2. The fraction of sp³-hybridized carbons (Fsp3) is 0.278. The molecule has 0 aliphatic heterocycles. The van der Waals surface area contributed by atoms with Crippen LogP contribution in [0.2, 0.25) is 10.0 Å². The van der Waals surface area contributed by atoms with Crippen molar-refractivity contribution in [3.05, 3.63) is 58.1 Å². The van der Waals surface area contributed by atoms with Gasteiger partial charge in [0.05, 0.1) is 17.3 Å². The van der Waals surface area contributed by atoms with Gasteiger partial charge in [0, 0.05) is 5.02 Å². The molecule has 0 N–H and O–H groups in total. The summed E-state index contributed by atoms with van der Waals surface area (Å²) in [6.07, 6.45) is 0.811. The minimum absolute atomic E-state index is 0.0217. The SMILES string of the molecule is CCOC(=O)CN(c1ccc(CC)cc1)S(=O)(=O)c1cc(Cl)ccc1Cl. The summed E-state index contributed by atoms with van der Waals surface area (Å²) in [6.45, 7) is 3.33. The van der Waals surface area contributed by atoms with E-state index in [-0.39, 0.29) is 21.5 Å². The predicted molar refractivity (Wildman–Crippen MR) is 103 cm³/mol. The number of carbonyl (C=O) groups is 1. The molecule has 0 amide bonds. The molecule has 2 aromatic carbocycles. The fourth-order valence-corrected chi connectivity index (χ4v) is 4.48. The highest BCUT2D eigenvalue weighted by atomic mass is 35.5. The van der Waals surface area contributed by atoms with E-state index >= 15 is 0 Å². The zero-order valence-corrected chi connectivity index (χ0v) is 16.7. The van der Waals surface area contributed by atoms with Crippen LogP contribution >= 0.6 is 23.2 Å². The van der Waals surface area contributed by atoms with Gasteiger partial charge < -0.3 is 4.74 Å². The van der Waals surface area contributed by atoms with E-state index in [1.807, 2.05) is 19.1 Å². The molecule has 0 spiro atoms. The molecule has 0 bridgehead atoms. The largest absolute Gasteiger partial charge is 0.465 e. The van der Waals surface area contributed by atoms with Crippen LogP contribution in [-0.4, -0.2) is 27.5 Å². The number of carbonyl (C=O) groups excluding carboxylic acids is 1. The van der Waals surface area contributed by atoms with E-state index in [1.165, 1.54) is 18.2 Å². The van der Waals surface area contributed by atoms with Crippen molar-refractivity contribution < 1.29 is 17.9 Å². The number of halogens is 2. The van der Waals surface area contributed by atoms with Gasteiger partial charge in [-0.3, -0.25) is 9.10 Å². The molecule has 0 aromatic heterocycles. The van der Waals surface area contributed by atoms with E-state index in [2.05, 4.69) is 0 Å². The molecule has 140 valence electrons. The Bertz CT molecular complexity index is 883. The van der Waals surface area contributed by atoms with Crippen molar-refractivity contribution in [3.8, 4) is 0 Å². The first kappa shape index (κ1) is 20.6. The van der Waals surface area contributed by atoms with E-state index < -0.39 is 22.5 Å². The summed E-state index contributed by atoms with van der Waals surface area (Å²) in [5.74, 6) is -0.659. The number of rotatable bonds is 7. The zero-order chi connectivity index (χ0) is 19.3. The Morgan fingerprint density at radius 3 is 2.31 bits per heavy atom. The van der Waals surface area contributed by atoms with Gasteiger partial charge in [0.1, 0.15) is 11.4 Å². The molecular weight excluding hydrogens is 397 g/mol. The highest BCUT2D eigenvalue weighted by molar-refractivity contribution is 7.93. The maximum atomic E-state index is 13.2. The number of nitrogens with zero attached hydrogens (tertiary/aromatic N) is 1.